The first-order valence-electron chi connectivity index (χ1n) is 6.19. The van der Waals surface area contributed by atoms with Crippen LogP contribution in [0.3, 0.4) is 0 Å². The lowest BCUT2D eigenvalue weighted by molar-refractivity contribution is 0.244. The van der Waals surface area contributed by atoms with Crippen LogP contribution in [0.1, 0.15) is 37.7 Å². The van der Waals surface area contributed by atoms with Gasteiger partial charge in [0.2, 0.25) is 10.0 Å². The molecule has 1 fully saturated rings. The summed E-state index contributed by atoms with van der Waals surface area (Å²) in [5.74, 6) is 0.632. The van der Waals surface area contributed by atoms with Crippen LogP contribution in [-0.2, 0) is 16.6 Å². The number of piperidine rings is 1. The van der Waals surface area contributed by atoms with Gasteiger partial charge >= 0.3 is 0 Å². The maximum absolute atomic E-state index is 12.5. The standard InChI is InChI=1S/C12H19NO4S/c1-9-5-3-4-6-13(9)18(15,16)12-7-11(8-14)17-10(12)2/h7,9,14H,3-6,8H2,1-2H3. The van der Waals surface area contributed by atoms with Gasteiger partial charge < -0.3 is 9.52 Å². The molecule has 1 aromatic heterocycles. The highest BCUT2D eigenvalue weighted by Gasteiger charge is 2.33. The van der Waals surface area contributed by atoms with E-state index < -0.39 is 10.0 Å². The van der Waals surface area contributed by atoms with Crippen LogP contribution in [-0.4, -0.2) is 30.4 Å². The number of nitrogens with zero attached hydrogens (tertiary/aromatic N) is 1. The highest BCUT2D eigenvalue weighted by Crippen LogP contribution is 2.28. The van der Waals surface area contributed by atoms with Gasteiger partial charge in [-0.15, -0.1) is 0 Å². The van der Waals surface area contributed by atoms with Crippen molar-refractivity contribution in [1.29, 1.82) is 0 Å². The number of aliphatic hydroxyl groups excluding tert-OH is 1. The quantitative estimate of drug-likeness (QED) is 0.909. The first-order chi connectivity index (χ1) is 8.46. The molecule has 2 heterocycles. The molecule has 1 N–H and O–H groups in total. The molecular formula is C12H19NO4S. The SMILES string of the molecule is Cc1oc(CO)cc1S(=O)(=O)N1CCCCC1C. The van der Waals surface area contributed by atoms with Gasteiger partial charge in [-0.2, -0.15) is 4.31 Å². The van der Waals surface area contributed by atoms with Gasteiger partial charge in [0.25, 0.3) is 0 Å². The second-order valence-corrected chi connectivity index (χ2v) is 6.61. The Kier molecular flexibility index (Phi) is 3.79. The predicted octanol–water partition coefficient (Wildman–Crippen LogP) is 1.64. The Morgan fingerprint density at radius 3 is 2.78 bits per heavy atom. The summed E-state index contributed by atoms with van der Waals surface area (Å²) >= 11 is 0. The number of rotatable bonds is 3. The van der Waals surface area contributed by atoms with Crippen molar-refractivity contribution in [1.82, 2.24) is 4.31 Å². The van der Waals surface area contributed by atoms with E-state index in [0.717, 1.165) is 19.3 Å². The van der Waals surface area contributed by atoms with E-state index >= 15 is 0 Å². The van der Waals surface area contributed by atoms with Crippen molar-refractivity contribution in [3.63, 3.8) is 0 Å². The third-order valence-electron chi connectivity index (χ3n) is 3.41. The van der Waals surface area contributed by atoms with Gasteiger partial charge in [0.15, 0.2) is 0 Å². The van der Waals surface area contributed by atoms with Gasteiger partial charge in [0.1, 0.15) is 23.0 Å². The van der Waals surface area contributed by atoms with E-state index in [4.69, 9.17) is 9.52 Å². The second kappa shape index (κ2) is 5.03. The minimum Gasteiger partial charge on any atom is -0.462 e. The molecule has 0 radical (unpaired) electrons. The van der Waals surface area contributed by atoms with Crippen molar-refractivity contribution in [2.75, 3.05) is 6.54 Å². The van der Waals surface area contributed by atoms with Gasteiger partial charge in [-0.25, -0.2) is 8.42 Å². The van der Waals surface area contributed by atoms with E-state index in [2.05, 4.69) is 0 Å². The third kappa shape index (κ3) is 2.32. The summed E-state index contributed by atoms with van der Waals surface area (Å²) in [6.07, 6.45) is 2.86. The summed E-state index contributed by atoms with van der Waals surface area (Å²) in [4.78, 5) is 0.181. The average Bonchev–Trinajstić information content (AvgIpc) is 2.71. The lowest BCUT2D eigenvalue weighted by Gasteiger charge is -2.31. The van der Waals surface area contributed by atoms with Crippen LogP contribution in [0.2, 0.25) is 0 Å². The van der Waals surface area contributed by atoms with Crippen molar-refractivity contribution >= 4 is 10.0 Å². The van der Waals surface area contributed by atoms with E-state index in [0.29, 0.717) is 12.3 Å². The third-order valence-corrected chi connectivity index (χ3v) is 5.53. The van der Waals surface area contributed by atoms with Crippen LogP contribution in [0, 0.1) is 6.92 Å². The Bertz CT molecular complexity index is 520. The fourth-order valence-corrected chi connectivity index (χ4v) is 4.30. The largest absolute Gasteiger partial charge is 0.462 e. The minimum absolute atomic E-state index is 0.0237. The number of sulfonamides is 1. The molecule has 102 valence electrons. The van der Waals surface area contributed by atoms with Crippen molar-refractivity contribution < 1.29 is 17.9 Å². The molecular weight excluding hydrogens is 254 g/mol. The molecule has 5 nitrogen and oxygen atoms in total. The van der Waals surface area contributed by atoms with Gasteiger partial charge in [0.05, 0.1) is 0 Å². The van der Waals surface area contributed by atoms with E-state index in [-0.39, 0.29) is 23.3 Å². The van der Waals surface area contributed by atoms with Crippen molar-refractivity contribution in [3.05, 3.63) is 17.6 Å². The fourth-order valence-electron chi connectivity index (χ4n) is 2.41. The molecule has 1 aromatic rings. The zero-order chi connectivity index (χ0) is 13.3. The monoisotopic (exact) mass is 273 g/mol. The molecule has 0 spiro atoms. The molecule has 2 rings (SSSR count). The first kappa shape index (κ1) is 13.6. The maximum Gasteiger partial charge on any atom is 0.246 e. The van der Waals surface area contributed by atoms with Crippen LogP contribution >= 0.6 is 0 Å². The van der Waals surface area contributed by atoms with Crippen molar-refractivity contribution in [3.8, 4) is 0 Å². The molecule has 1 atom stereocenters. The van der Waals surface area contributed by atoms with Crippen LogP contribution in [0.4, 0.5) is 0 Å². The van der Waals surface area contributed by atoms with Crippen LogP contribution in [0.25, 0.3) is 0 Å². The van der Waals surface area contributed by atoms with E-state index in [9.17, 15) is 8.42 Å². The Morgan fingerprint density at radius 2 is 2.22 bits per heavy atom. The topological polar surface area (TPSA) is 70.8 Å². The molecule has 0 amide bonds. The van der Waals surface area contributed by atoms with Crippen molar-refractivity contribution in [2.45, 2.75) is 50.7 Å². The molecule has 1 saturated heterocycles. The molecule has 6 heteroatoms. The normalized spacial score (nSPS) is 22.3. The van der Waals surface area contributed by atoms with Crippen LogP contribution in [0.5, 0.6) is 0 Å². The molecule has 1 aliphatic heterocycles. The zero-order valence-corrected chi connectivity index (χ0v) is 11.5. The number of aryl methyl sites for hydroxylation is 1. The van der Waals surface area contributed by atoms with Gasteiger partial charge in [-0.05, 0) is 26.7 Å². The van der Waals surface area contributed by atoms with Crippen molar-refractivity contribution in [2.24, 2.45) is 0 Å². The molecule has 0 bridgehead atoms. The van der Waals surface area contributed by atoms with Crippen LogP contribution < -0.4 is 0 Å². The molecule has 0 aliphatic carbocycles. The number of aliphatic hydroxyl groups is 1. The predicted molar refractivity (Wildman–Crippen MR) is 66.6 cm³/mol. The van der Waals surface area contributed by atoms with Crippen LogP contribution in [0.15, 0.2) is 15.4 Å². The molecule has 1 unspecified atom stereocenters. The Labute approximate surface area is 107 Å². The smallest absolute Gasteiger partial charge is 0.246 e. The lowest BCUT2D eigenvalue weighted by Crippen LogP contribution is -2.41. The van der Waals surface area contributed by atoms with Gasteiger partial charge in [0, 0.05) is 18.7 Å². The maximum atomic E-state index is 12.5. The Balaban J connectivity index is 2.37. The Hall–Kier alpha value is -0.850. The lowest BCUT2D eigenvalue weighted by atomic mass is 10.1. The Morgan fingerprint density at radius 1 is 1.50 bits per heavy atom. The number of furan rings is 1. The van der Waals surface area contributed by atoms with Gasteiger partial charge in [-0.3, -0.25) is 0 Å². The second-order valence-electron chi connectivity index (χ2n) is 4.75. The summed E-state index contributed by atoms with van der Waals surface area (Å²) in [6, 6.07) is 1.45. The summed E-state index contributed by atoms with van der Waals surface area (Å²) in [5.41, 5.74) is 0. The van der Waals surface area contributed by atoms with E-state index in [1.54, 1.807) is 6.92 Å². The average molecular weight is 273 g/mol. The molecule has 1 aliphatic rings. The highest BCUT2D eigenvalue weighted by molar-refractivity contribution is 7.89. The van der Waals surface area contributed by atoms with Gasteiger partial charge in [-0.1, -0.05) is 6.42 Å². The summed E-state index contributed by atoms with van der Waals surface area (Å²) < 4.78 is 31.8. The molecule has 18 heavy (non-hydrogen) atoms. The summed E-state index contributed by atoms with van der Waals surface area (Å²) in [7, 11) is -3.50. The molecule has 0 aromatic carbocycles. The van der Waals surface area contributed by atoms with E-state index in [1.807, 2.05) is 6.92 Å². The summed E-state index contributed by atoms with van der Waals surface area (Å²) in [5, 5.41) is 9.00. The highest BCUT2D eigenvalue weighted by atomic mass is 32.2. The zero-order valence-electron chi connectivity index (χ0n) is 10.7. The number of hydrogen-bond acceptors (Lipinski definition) is 4. The molecule has 0 saturated carbocycles. The first-order valence-corrected chi connectivity index (χ1v) is 7.63. The summed E-state index contributed by atoms with van der Waals surface area (Å²) in [6.45, 7) is 3.81. The number of hydrogen-bond donors (Lipinski definition) is 1. The van der Waals surface area contributed by atoms with E-state index in [1.165, 1.54) is 10.4 Å². The minimum atomic E-state index is -3.50. The fraction of sp³-hybridized carbons (Fsp3) is 0.667.